The lowest BCUT2D eigenvalue weighted by atomic mass is 9.70. The lowest BCUT2D eigenvalue weighted by Gasteiger charge is -2.42. The van der Waals surface area contributed by atoms with Crippen LogP contribution >= 0.6 is 22.7 Å². The number of allylic oxidation sites excluding steroid dienone is 1. The Labute approximate surface area is 411 Å². The number of amides is 4. The summed E-state index contributed by atoms with van der Waals surface area (Å²) in [6, 6.07) is 7.23. The van der Waals surface area contributed by atoms with Gasteiger partial charge in [-0.25, -0.2) is 28.0 Å². The van der Waals surface area contributed by atoms with Crippen LogP contribution < -0.4 is 30.7 Å². The quantitative estimate of drug-likeness (QED) is 0.0780. The number of carboxylic acids is 1. The van der Waals surface area contributed by atoms with Crippen molar-refractivity contribution < 1.29 is 42.2 Å². The van der Waals surface area contributed by atoms with Crippen molar-refractivity contribution in [2.45, 2.75) is 138 Å². The first-order valence-electron chi connectivity index (χ1n) is 24.0. The standard InChI is InChI=1S/C49H64N8O9S3/c1-30(2)50-47-53-38(29-68-47)37-25-40(34-19-18-32(65-5)23-36(34)51-37)66-33-24-39-43(58)55-49(45(60)61)26-31(49)15-10-7-6-8-11-16-35(44(59)57(39)27-33)52-46(62)54-41(48(3)20-12-9-13-21-48)28-56(4)69(63,64)42-17-14-22-67-42/h10,14-15,17-19,22-23,25,29-31,33,35,39,41H,6-9,11-13,16,20-21,24,26-28H2,1-5H3,(H,50,53)(H,55,58)(H,60,61)(H2,52,54,62)/b15-10-/t31?,33-,35+,39+,41?,49-/m1/s1. The van der Waals surface area contributed by atoms with Gasteiger partial charge in [0.1, 0.15) is 45.1 Å². The van der Waals surface area contributed by atoms with Gasteiger partial charge in [0.25, 0.3) is 10.0 Å². The minimum atomic E-state index is -3.83. The molecule has 1 saturated heterocycles. The molecule has 4 amide bonds. The monoisotopic (exact) mass is 1000 g/mol. The van der Waals surface area contributed by atoms with E-state index in [9.17, 15) is 27.9 Å². The molecular formula is C49H64N8O9S3. The van der Waals surface area contributed by atoms with Crippen LogP contribution in [0.2, 0.25) is 0 Å². The predicted octanol–water partition coefficient (Wildman–Crippen LogP) is 7.40. The summed E-state index contributed by atoms with van der Waals surface area (Å²) in [6.07, 6.45) is 10.9. The smallest absolute Gasteiger partial charge is 0.330 e. The number of aliphatic carboxylic acids is 1. The number of nitrogens with one attached hydrogen (secondary N) is 4. The molecule has 1 aromatic carbocycles. The number of hydrogen-bond donors (Lipinski definition) is 5. The molecule has 0 spiro atoms. The summed E-state index contributed by atoms with van der Waals surface area (Å²) in [5, 5.41) is 27.7. The first-order chi connectivity index (χ1) is 33.0. The number of carbonyl (C=O) groups is 4. The summed E-state index contributed by atoms with van der Waals surface area (Å²) in [5.74, 6) is -1.64. The minimum absolute atomic E-state index is 0.0205. The Morgan fingerprint density at radius 1 is 1.04 bits per heavy atom. The van der Waals surface area contributed by atoms with E-state index < -0.39 is 74.9 Å². The van der Waals surface area contributed by atoms with Gasteiger partial charge >= 0.3 is 12.0 Å². The molecule has 4 aliphatic rings. The number of anilines is 1. The number of methoxy groups -OCH3 is 1. The van der Waals surface area contributed by atoms with Crippen molar-refractivity contribution in [1.29, 1.82) is 0 Å². The molecule has 20 heteroatoms. The maximum absolute atomic E-state index is 15.1. The van der Waals surface area contributed by atoms with Crippen LogP contribution in [-0.2, 0) is 24.4 Å². The predicted molar refractivity (Wildman–Crippen MR) is 266 cm³/mol. The molecule has 3 fully saturated rings. The second kappa shape index (κ2) is 21.0. The zero-order valence-corrected chi connectivity index (χ0v) is 42.3. The normalized spacial score (nSPS) is 25.1. The highest BCUT2D eigenvalue weighted by atomic mass is 32.2. The van der Waals surface area contributed by atoms with Gasteiger partial charge in [0.2, 0.25) is 11.8 Å². The Kier molecular flexibility index (Phi) is 15.2. The molecule has 5 N–H and O–H groups in total. The number of thiophene rings is 1. The summed E-state index contributed by atoms with van der Waals surface area (Å²) < 4.78 is 41.1. The molecule has 69 heavy (non-hydrogen) atoms. The van der Waals surface area contributed by atoms with Gasteiger partial charge in [-0.3, -0.25) is 9.59 Å². The van der Waals surface area contributed by atoms with E-state index in [1.54, 1.807) is 42.8 Å². The van der Waals surface area contributed by atoms with Crippen molar-refractivity contribution in [2.75, 3.05) is 32.6 Å². The Morgan fingerprint density at radius 3 is 2.55 bits per heavy atom. The number of benzene rings is 1. The number of hydrogen-bond acceptors (Lipinski definition) is 13. The number of likely N-dealkylation sites (N-methyl/N-ethyl adjacent to an activating group) is 1. The van der Waals surface area contributed by atoms with Gasteiger partial charge in [-0.1, -0.05) is 57.2 Å². The number of nitrogens with zero attached hydrogens (tertiary/aromatic N) is 4. The Bertz CT molecular complexity index is 2650. The largest absolute Gasteiger partial charge is 0.497 e. The molecule has 0 bridgehead atoms. The molecule has 2 aliphatic heterocycles. The van der Waals surface area contributed by atoms with Crippen molar-refractivity contribution in [3.05, 3.63) is 59.3 Å². The number of ether oxygens (including phenoxy) is 2. The Balaban J connectivity index is 1.09. The number of carbonyl (C=O) groups excluding carboxylic acids is 3. The van der Waals surface area contributed by atoms with Crippen molar-refractivity contribution in [2.24, 2.45) is 11.3 Å². The van der Waals surface area contributed by atoms with E-state index in [0.717, 1.165) is 61.4 Å². The first-order valence-corrected chi connectivity index (χ1v) is 27.2. The molecule has 2 unspecified atom stereocenters. The zero-order chi connectivity index (χ0) is 49.1. The highest BCUT2D eigenvalue weighted by Gasteiger charge is 2.61. The molecule has 5 heterocycles. The van der Waals surface area contributed by atoms with Gasteiger partial charge in [-0.05, 0) is 81.4 Å². The van der Waals surface area contributed by atoms with Crippen molar-refractivity contribution in [3.63, 3.8) is 0 Å². The van der Waals surface area contributed by atoms with Crippen LogP contribution in [0.15, 0.2) is 63.5 Å². The highest BCUT2D eigenvalue weighted by Crippen LogP contribution is 2.46. The van der Waals surface area contributed by atoms with Gasteiger partial charge in [0.15, 0.2) is 5.13 Å². The lowest BCUT2D eigenvalue weighted by molar-refractivity contribution is -0.145. The van der Waals surface area contributed by atoms with E-state index in [-0.39, 0.29) is 42.6 Å². The molecule has 3 aromatic heterocycles. The number of pyridine rings is 1. The molecule has 8 rings (SSSR count). The van der Waals surface area contributed by atoms with Gasteiger partial charge in [0.05, 0.1) is 24.9 Å². The molecule has 6 atom stereocenters. The Hall–Kier alpha value is -5.31. The summed E-state index contributed by atoms with van der Waals surface area (Å²) in [7, 11) is -0.740. The first kappa shape index (κ1) is 50.1. The molecule has 17 nitrogen and oxygen atoms in total. The summed E-state index contributed by atoms with van der Waals surface area (Å²) in [4.78, 5) is 68.0. The number of sulfonamides is 1. The van der Waals surface area contributed by atoms with E-state index in [0.29, 0.717) is 46.6 Å². The molecular weight excluding hydrogens is 941 g/mol. The van der Waals surface area contributed by atoms with Crippen LogP contribution in [0.5, 0.6) is 11.5 Å². The van der Waals surface area contributed by atoms with Gasteiger partial charge in [0, 0.05) is 60.9 Å². The molecule has 4 aromatic rings. The second-order valence-electron chi connectivity index (χ2n) is 19.5. The fourth-order valence-electron chi connectivity index (χ4n) is 9.99. The maximum Gasteiger partial charge on any atom is 0.330 e. The maximum atomic E-state index is 15.1. The third kappa shape index (κ3) is 11.2. The van der Waals surface area contributed by atoms with Crippen LogP contribution in [0.25, 0.3) is 22.3 Å². The van der Waals surface area contributed by atoms with E-state index in [1.165, 1.54) is 27.6 Å². The third-order valence-corrected chi connectivity index (χ3v) is 18.1. The number of carboxylic acid groups (broad SMARTS) is 1. The van der Waals surface area contributed by atoms with E-state index in [4.69, 9.17) is 19.4 Å². The number of rotatable bonds is 14. The summed E-state index contributed by atoms with van der Waals surface area (Å²) in [5.41, 5.74) is -0.188. The van der Waals surface area contributed by atoms with Crippen LogP contribution in [0.1, 0.15) is 97.8 Å². The SMILES string of the molecule is COc1ccc2c(O[C@@H]3C[C@H]4C(=O)N[C@]5(C(=O)O)CC5/C=C\CCCCC[C@H](NC(=O)NC(CN(C)S(=O)(=O)c5cccs5)C5(C)CCCCC5)C(=O)N4C3)cc(-c3csc(NC(C)C)n3)nc2c1. The number of urea groups is 1. The van der Waals surface area contributed by atoms with Crippen molar-refractivity contribution in [1.82, 2.24) is 35.1 Å². The minimum Gasteiger partial charge on any atom is -0.497 e. The van der Waals surface area contributed by atoms with Crippen molar-refractivity contribution in [3.8, 4) is 22.9 Å². The highest BCUT2D eigenvalue weighted by molar-refractivity contribution is 7.91. The van der Waals surface area contributed by atoms with Gasteiger partial charge in [-0.2, -0.15) is 4.31 Å². The molecule has 372 valence electrons. The number of thiazole rings is 1. The topological polar surface area (TPSA) is 221 Å². The van der Waals surface area contributed by atoms with Crippen LogP contribution in [0.3, 0.4) is 0 Å². The molecule has 0 radical (unpaired) electrons. The van der Waals surface area contributed by atoms with E-state index in [2.05, 4.69) is 28.2 Å². The zero-order valence-electron chi connectivity index (χ0n) is 39.9. The summed E-state index contributed by atoms with van der Waals surface area (Å²) in [6.45, 7) is 6.12. The van der Waals surface area contributed by atoms with Crippen LogP contribution in [0, 0.1) is 11.3 Å². The molecule has 2 saturated carbocycles. The third-order valence-electron chi connectivity index (χ3n) is 14.1. The van der Waals surface area contributed by atoms with Gasteiger partial charge < -0.3 is 40.7 Å². The molecule has 2 aliphatic carbocycles. The van der Waals surface area contributed by atoms with Crippen LogP contribution in [0.4, 0.5) is 9.93 Å². The number of fused-ring (bicyclic) bond motifs is 3. The Morgan fingerprint density at radius 2 is 1.83 bits per heavy atom. The van der Waals surface area contributed by atoms with Crippen molar-refractivity contribution >= 4 is 72.5 Å². The van der Waals surface area contributed by atoms with E-state index >= 15 is 4.79 Å². The van der Waals surface area contributed by atoms with E-state index in [1.807, 2.05) is 37.4 Å². The van der Waals surface area contributed by atoms with Crippen LogP contribution in [-0.4, -0.2) is 120 Å². The van der Waals surface area contributed by atoms with Gasteiger partial charge in [-0.15, -0.1) is 22.7 Å². The average Bonchev–Trinajstić information content (AvgIpc) is 3.79. The fraction of sp³-hybridized carbons (Fsp3) is 0.551. The number of aromatic nitrogens is 2. The lowest BCUT2D eigenvalue weighted by Crippen LogP contribution is -2.60. The second-order valence-corrected chi connectivity index (χ2v) is 23.6. The fourth-order valence-corrected chi connectivity index (χ4v) is 13.2. The summed E-state index contributed by atoms with van der Waals surface area (Å²) >= 11 is 2.58. The average molecular weight is 1010 g/mol.